The number of rotatable bonds is 6. The summed E-state index contributed by atoms with van der Waals surface area (Å²) in [6, 6.07) is 32.9. The highest BCUT2D eigenvalue weighted by Crippen LogP contribution is 2.49. The third kappa shape index (κ3) is 6.08. The van der Waals surface area contributed by atoms with E-state index in [4.69, 9.17) is 0 Å². The van der Waals surface area contributed by atoms with E-state index in [1.807, 2.05) is 26.0 Å². The smallest absolute Gasteiger partial charge is 0.0159 e. The molecule has 4 aromatic rings. The van der Waals surface area contributed by atoms with Crippen molar-refractivity contribution < 1.29 is 0 Å². The highest BCUT2D eigenvalue weighted by Gasteiger charge is 2.35. The molecular weight excluding hydrogens is 480 g/mol. The number of benzene rings is 4. The Kier molecular flexibility index (Phi) is 9.02. The summed E-state index contributed by atoms with van der Waals surface area (Å²) < 4.78 is 0. The Morgan fingerprint density at radius 1 is 0.700 bits per heavy atom. The number of hydrogen-bond donors (Lipinski definition) is 0. The molecule has 0 N–H and O–H groups in total. The van der Waals surface area contributed by atoms with Crippen molar-refractivity contribution in [1.29, 1.82) is 0 Å². The van der Waals surface area contributed by atoms with Gasteiger partial charge in [0.25, 0.3) is 0 Å². The minimum Gasteiger partial charge on any atom is -0.0991 e. The van der Waals surface area contributed by atoms with Crippen molar-refractivity contribution in [1.82, 2.24) is 0 Å². The molecule has 5 rings (SSSR count). The molecule has 0 atom stereocenters. The van der Waals surface area contributed by atoms with Gasteiger partial charge in [-0.1, -0.05) is 148 Å². The van der Waals surface area contributed by atoms with Crippen LogP contribution in [-0.4, -0.2) is 0 Å². The van der Waals surface area contributed by atoms with Gasteiger partial charge >= 0.3 is 0 Å². The zero-order valence-corrected chi connectivity index (χ0v) is 24.5. The summed E-state index contributed by atoms with van der Waals surface area (Å²) >= 11 is 0. The third-order valence-corrected chi connectivity index (χ3v) is 7.63. The average Bonchev–Trinajstić information content (AvgIpc) is 3.21. The lowest BCUT2D eigenvalue weighted by molar-refractivity contribution is 0.660. The molecule has 4 aromatic carbocycles. The fourth-order valence-corrected chi connectivity index (χ4v) is 5.36. The summed E-state index contributed by atoms with van der Waals surface area (Å²) in [5.74, 6) is 0. The number of fused-ring (bicyclic) bond motifs is 3. The Morgan fingerprint density at radius 2 is 1.40 bits per heavy atom. The predicted molar refractivity (Wildman–Crippen MR) is 177 cm³/mol. The lowest BCUT2D eigenvalue weighted by atomic mass is 9.81. The summed E-state index contributed by atoms with van der Waals surface area (Å²) in [5, 5.41) is 0. The average molecular weight is 521 g/mol. The first-order valence-electron chi connectivity index (χ1n) is 14.0. The van der Waals surface area contributed by atoms with Gasteiger partial charge in [0, 0.05) is 5.41 Å². The molecule has 0 bridgehead atoms. The molecule has 200 valence electrons. The van der Waals surface area contributed by atoms with Crippen LogP contribution in [0.25, 0.3) is 33.4 Å². The third-order valence-electron chi connectivity index (χ3n) is 7.63. The Hall–Kier alpha value is -4.42. The molecule has 0 heteroatoms. The van der Waals surface area contributed by atoms with Gasteiger partial charge in [-0.2, -0.15) is 0 Å². The highest BCUT2D eigenvalue weighted by molar-refractivity contribution is 5.84. The Balaban J connectivity index is 0.000000224. The van der Waals surface area contributed by atoms with Gasteiger partial charge in [0.2, 0.25) is 0 Å². The van der Waals surface area contributed by atoms with Crippen LogP contribution in [-0.2, 0) is 5.41 Å². The van der Waals surface area contributed by atoms with Crippen LogP contribution >= 0.6 is 0 Å². The van der Waals surface area contributed by atoms with Gasteiger partial charge in [-0.3, -0.25) is 0 Å². The second kappa shape index (κ2) is 12.6. The second-order valence-electron chi connectivity index (χ2n) is 10.7. The number of allylic oxidation sites excluding steroid dienone is 8. The van der Waals surface area contributed by atoms with Crippen molar-refractivity contribution in [3.63, 3.8) is 0 Å². The molecule has 0 aliphatic heterocycles. The normalized spacial score (nSPS) is 13.5. The van der Waals surface area contributed by atoms with Gasteiger partial charge in [0.15, 0.2) is 0 Å². The minimum atomic E-state index is 0.0358. The first kappa shape index (κ1) is 28.6. The van der Waals surface area contributed by atoms with E-state index in [1.54, 1.807) is 6.08 Å². The summed E-state index contributed by atoms with van der Waals surface area (Å²) in [6.45, 7) is 18.6. The van der Waals surface area contributed by atoms with Crippen LogP contribution in [0.4, 0.5) is 0 Å². The molecule has 0 fully saturated rings. The minimum absolute atomic E-state index is 0.0358. The molecule has 0 amide bonds. The molecule has 0 unspecified atom stereocenters. The lowest BCUT2D eigenvalue weighted by Crippen LogP contribution is -2.14. The summed E-state index contributed by atoms with van der Waals surface area (Å²) in [4.78, 5) is 0. The van der Waals surface area contributed by atoms with E-state index in [-0.39, 0.29) is 5.41 Å². The fraction of sp³-hybridized carbons (Fsp3) is 0.150. The molecular formula is C40H40. The van der Waals surface area contributed by atoms with E-state index in [2.05, 4.69) is 143 Å². The molecule has 0 spiro atoms. The lowest BCUT2D eigenvalue weighted by Gasteiger charge is -2.22. The van der Waals surface area contributed by atoms with Crippen molar-refractivity contribution in [2.24, 2.45) is 0 Å². The molecule has 1 aliphatic rings. The largest absolute Gasteiger partial charge is 0.0991 e. The van der Waals surface area contributed by atoms with Crippen molar-refractivity contribution in [2.75, 3.05) is 0 Å². The second-order valence-corrected chi connectivity index (χ2v) is 10.7. The standard InChI is InChI=1S/C26H24.C14H16/c1-5-9-18(2)19-10-8-11-20(16-19)21-14-15-23-22-12-6-7-13-24(22)26(3,4)25(23)17-21;1-4-6-7-13(5-2)14-10-8-12(3)9-11-14/h5-17H,2H2,1,3-4H3;4-11H,1H2,2-3H3/b9-5-;7-6-,13-5+. The number of hydrogen-bond acceptors (Lipinski definition) is 0. The van der Waals surface area contributed by atoms with E-state index in [0.29, 0.717) is 0 Å². The zero-order chi connectivity index (χ0) is 28.7. The summed E-state index contributed by atoms with van der Waals surface area (Å²) in [7, 11) is 0. The van der Waals surface area contributed by atoms with Crippen LogP contribution in [0.3, 0.4) is 0 Å². The molecule has 0 saturated carbocycles. The first-order valence-corrected chi connectivity index (χ1v) is 14.0. The maximum Gasteiger partial charge on any atom is 0.0159 e. The maximum absolute atomic E-state index is 4.17. The van der Waals surface area contributed by atoms with Crippen LogP contribution in [0.15, 0.2) is 141 Å². The van der Waals surface area contributed by atoms with Crippen molar-refractivity contribution in [2.45, 2.75) is 40.0 Å². The molecule has 0 aromatic heterocycles. The van der Waals surface area contributed by atoms with Crippen molar-refractivity contribution in [3.05, 3.63) is 168 Å². The van der Waals surface area contributed by atoms with Gasteiger partial charge in [0.1, 0.15) is 0 Å². The van der Waals surface area contributed by atoms with Crippen LogP contribution in [0, 0.1) is 6.92 Å². The Bertz CT molecular complexity index is 1600. The van der Waals surface area contributed by atoms with Gasteiger partial charge in [-0.25, -0.2) is 0 Å². The van der Waals surface area contributed by atoms with Gasteiger partial charge in [-0.15, -0.1) is 0 Å². The van der Waals surface area contributed by atoms with E-state index in [0.717, 1.165) is 5.57 Å². The Labute approximate surface area is 241 Å². The SMILES string of the molecule is C=C(/C=C\C)c1cccc(-c2ccc3c(c2)C(C)(C)c2ccccc2-3)c1.C=C/C=C\C(=C/C)c1ccc(C)cc1. The summed E-state index contributed by atoms with van der Waals surface area (Å²) in [5.41, 5.74) is 14.1. The molecule has 0 radical (unpaired) electrons. The topological polar surface area (TPSA) is 0 Å². The van der Waals surface area contributed by atoms with E-state index in [1.165, 1.54) is 55.6 Å². The van der Waals surface area contributed by atoms with Gasteiger partial charge in [0.05, 0.1) is 0 Å². The molecule has 0 nitrogen and oxygen atoms in total. The van der Waals surface area contributed by atoms with Crippen LogP contribution in [0.1, 0.15) is 55.5 Å². The van der Waals surface area contributed by atoms with Crippen molar-refractivity contribution >= 4 is 11.1 Å². The van der Waals surface area contributed by atoms with E-state index < -0.39 is 0 Å². The highest BCUT2D eigenvalue weighted by atomic mass is 14.4. The van der Waals surface area contributed by atoms with Crippen LogP contribution < -0.4 is 0 Å². The molecule has 40 heavy (non-hydrogen) atoms. The van der Waals surface area contributed by atoms with Crippen LogP contribution in [0.5, 0.6) is 0 Å². The molecule has 0 saturated heterocycles. The van der Waals surface area contributed by atoms with Crippen LogP contribution in [0.2, 0.25) is 0 Å². The summed E-state index contributed by atoms with van der Waals surface area (Å²) in [6.07, 6.45) is 12.0. The van der Waals surface area contributed by atoms with E-state index in [9.17, 15) is 0 Å². The van der Waals surface area contributed by atoms with Crippen molar-refractivity contribution in [3.8, 4) is 22.3 Å². The maximum atomic E-state index is 4.17. The quantitative estimate of drug-likeness (QED) is 0.222. The Morgan fingerprint density at radius 3 is 2.10 bits per heavy atom. The number of aryl methyl sites for hydroxylation is 1. The van der Waals surface area contributed by atoms with Gasteiger partial charge < -0.3 is 0 Å². The van der Waals surface area contributed by atoms with E-state index >= 15 is 0 Å². The first-order chi connectivity index (χ1) is 19.3. The molecule has 0 heterocycles. The molecule has 1 aliphatic carbocycles. The van der Waals surface area contributed by atoms with Gasteiger partial charge in [-0.05, 0) is 88.6 Å². The fourth-order valence-electron chi connectivity index (χ4n) is 5.36. The predicted octanol–water partition coefficient (Wildman–Crippen LogP) is 11.4. The monoisotopic (exact) mass is 520 g/mol. The zero-order valence-electron chi connectivity index (χ0n) is 24.5.